The molecule has 5 nitrogen and oxygen atoms in total. The maximum atomic E-state index is 13.0. The van der Waals surface area contributed by atoms with E-state index in [1.807, 2.05) is 30.1 Å². The Hall–Kier alpha value is -1.88. The molecule has 1 saturated heterocycles. The first-order chi connectivity index (χ1) is 12.0. The lowest BCUT2D eigenvalue weighted by molar-refractivity contribution is -0.154. The number of piperidine rings is 1. The van der Waals surface area contributed by atoms with Crippen molar-refractivity contribution < 1.29 is 14.3 Å². The summed E-state index contributed by atoms with van der Waals surface area (Å²) in [4.78, 5) is 29.8. The molecule has 4 rings (SSSR count). The van der Waals surface area contributed by atoms with Crippen LogP contribution in [0.3, 0.4) is 0 Å². The van der Waals surface area contributed by atoms with Gasteiger partial charge in [-0.1, -0.05) is 24.6 Å². The highest BCUT2D eigenvalue weighted by atomic mass is 16.5. The van der Waals surface area contributed by atoms with Crippen LogP contribution in [-0.4, -0.2) is 50.6 Å². The largest absolute Gasteiger partial charge is 0.384 e. The third-order valence-electron chi connectivity index (χ3n) is 6.58. The van der Waals surface area contributed by atoms with Crippen molar-refractivity contribution in [2.75, 3.05) is 38.8 Å². The Kier molecular flexibility index (Phi) is 3.87. The van der Waals surface area contributed by atoms with Crippen LogP contribution in [0.15, 0.2) is 24.3 Å². The number of rotatable bonds is 3. The third-order valence-corrected chi connectivity index (χ3v) is 6.58. The molecule has 1 aromatic rings. The fraction of sp³-hybridized carbons (Fsp3) is 0.600. The SMILES string of the molecule is COCC1(C(=O)N2CCC3(CC2)C(=O)N(C)c2ccccc23)CCC1. The molecule has 2 fully saturated rings. The molecule has 1 spiro atoms. The summed E-state index contributed by atoms with van der Waals surface area (Å²) >= 11 is 0. The Morgan fingerprint density at radius 2 is 1.84 bits per heavy atom. The zero-order valence-electron chi connectivity index (χ0n) is 15.1. The van der Waals surface area contributed by atoms with E-state index in [2.05, 4.69) is 6.07 Å². The average Bonchev–Trinajstić information content (AvgIpc) is 2.81. The number of ether oxygens (including phenoxy) is 1. The first-order valence-corrected chi connectivity index (χ1v) is 9.20. The van der Waals surface area contributed by atoms with Crippen molar-refractivity contribution >= 4 is 17.5 Å². The number of nitrogens with zero attached hydrogens (tertiary/aromatic N) is 2. The Morgan fingerprint density at radius 3 is 2.44 bits per heavy atom. The van der Waals surface area contributed by atoms with Crippen LogP contribution in [0.1, 0.15) is 37.7 Å². The van der Waals surface area contributed by atoms with Gasteiger partial charge in [0.1, 0.15) is 0 Å². The summed E-state index contributed by atoms with van der Waals surface area (Å²) in [6, 6.07) is 8.08. The van der Waals surface area contributed by atoms with Crippen molar-refractivity contribution in [2.45, 2.75) is 37.5 Å². The maximum absolute atomic E-state index is 13.0. The van der Waals surface area contributed by atoms with Gasteiger partial charge in [0.25, 0.3) is 0 Å². The Morgan fingerprint density at radius 1 is 1.16 bits per heavy atom. The minimum Gasteiger partial charge on any atom is -0.384 e. The summed E-state index contributed by atoms with van der Waals surface area (Å²) < 4.78 is 5.32. The van der Waals surface area contributed by atoms with Crippen molar-refractivity contribution in [2.24, 2.45) is 5.41 Å². The van der Waals surface area contributed by atoms with E-state index in [9.17, 15) is 9.59 Å². The lowest BCUT2D eigenvalue weighted by Crippen LogP contribution is -2.55. The Labute approximate surface area is 148 Å². The van der Waals surface area contributed by atoms with Gasteiger partial charge < -0.3 is 14.5 Å². The van der Waals surface area contributed by atoms with E-state index in [1.54, 1.807) is 12.0 Å². The minimum atomic E-state index is -0.448. The zero-order chi connectivity index (χ0) is 17.7. The smallest absolute Gasteiger partial charge is 0.237 e. The fourth-order valence-corrected chi connectivity index (χ4v) is 4.93. The average molecular weight is 342 g/mol. The second-order valence-corrected chi connectivity index (χ2v) is 7.82. The molecule has 1 saturated carbocycles. The van der Waals surface area contributed by atoms with Crippen LogP contribution in [0.2, 0.25) is 0 Å². The van der Waals surface area contributed by atoms with Crippen LogP contribution in [-0.2, 0) is 19.7 Å². The van der Waals surface area contributed by atoms with E-state index >= 15 is 0 Å². The molecule has 0 aromatic heterocycles. The molecule has 2 amide bonds. The number of fused-ring (bicyclic) bond motifs is 2. The van der Waals surface area contributed by atoms with Crippen LogP contribution >= 0.6 is 0 Å². The molecule has 0 N–H and O–H groups in total. The monoisotopic (exact) mass is 342 g/mol. The van der Waals surface area contributed by atoms with Crippen LogP contribution < -0.4 is 4.90 Å². The Balaban J connectivity index is 1.54. The summed E-state index contributed by atoms with van der Waals surface area (Å²) in [6.07, 6.45) is 4.37. The summed E-state index contributed by atoms with van der Waals surface area (Å²) in [5.41, 5.74) is 1.39. The van der Waals surface area contributed by atoms with Crippen molar-refractivity contribution in [3.63, 3.8) is 0 Å². The molecule has 0 unspecified atom stereocenters. The number of likely N-dealkylation sites (N-methyl/N-ethyl adjacent to an activating group) is 1. The lowest BCUT2D eigenvalue weighted by Gasteiger charge is -2.46. The van der Waals surface area contributed by atoms with E-state index in [1.165, 1.54) is 0 Å². The molecule has 2 heterocycles. The van der Waals surface area contributed by atoms with Gasteiger partial charge in [-0.3, -0.25) is 9.59 Å². The van der Waals surface area contributed by atoms with Crippen LogP contribution in [0.25, 0.3) is 0 Å². The molecule has 0 radical (unpaired) electrons. The first-order valence-electron chi connectivity index (χ1n) is 9.20. The molecule has 2 aliphatic heterocycles. The van der Waals surface area contributed by atoms with Crippen molar-refractivity contribution in [1.29, 1.82) is 0 Å². The molecule has 25 heavy (non-hydrogen) atoms. The molecule has 0 bridgehead atoms. The standard InChI is InChI=1S/C20H26N2O3/c1-21-16-7-4-3-6-15(16)20(18(21)24)10-12-22(13-11-20)17(23)19(14-25-2)8-5-9-19/h3-4,6-7H,5,8-14H2,1-2H3. The molecule has 134 valence electrons. The number of carbonyl (C=O) groups excluding carboxylic acids is 2. The van der Waals surface area contributed by atoms with Gasteiger partial charge in [-0.15, -0.1) is 0 Å². The second kappa shape index (κ2) is 5.84. The van der Waals surface area contributed by atoms with Gasteiger partial charge in [0.2, 0.25) is 11.8 Å². The zero-order valence-corrected chi connectivity index (χ0v) is 15.1. The van der Waals surface area contributed by atoms with Crippen LogP contribution in [0.5, 0.6) is 0 Å². The normalized spacial score (nSPS) is 23.5. The molecule has 3 aliphatic rings. The number of likely N-dealkylation sites (tertiary alicyclic amines) is 1. The summed E-state index contributed by atoms with van der Waals surface area (Å²) in [5, 5.41) is 0. The molecule has 0 atom stereocenters. The van der Waals surface area contributed by atoms with E-state index in [4.69, 9.17) is 4.74 Å². The summed E-state index contributed by atoms with van der Waals surface area (Å²) in [6.45, 7) is 1.81. The van der Waals surface area contributed by atoms with Crippen LogP contribution in [0.4, 0.5) is 5.69 Å². The highest BCUT2D eigenvalue weighted by molar-refractivity contribution is 6.08. The van der Waals surface area contributed by atoms with Gasteiger partial charge in [0.15, 0.2) is 0 Å². The number of hydrogen-bond donors (Lipinski definition) is 0. The summed E-state index contributed by atoms with van der Waals surface area (Å²) in [7, 11) is 3.53. The fourth-order valence-electron chi connectivity index (χ4n) is 4.93. The van der Waals surface area contributed by atoms with E-state index in [-0.39, 0.29) is 17.2 Å². The number of anilines is 1. The maximum Gasteiger partial charge on any atom is 0.237 e. The molecule has 1 aliphatic carbocycles. The molecule has 5 heteroatoms. The first kappa shape index (κ1) is 16.6. The van der Waals surface area contributed by atoms with E-state index in [0.29, 0.717) is 32.5 Å². The summed E-state index contributed by atoms with van der Waals surface area (Å²) in [5.74, 6) is 0.401. The van der Waals surface area contributed by atoms with Crippen molar-refractivity contribution in [3.8, 4) is 0 Å². The van der Waals surface area contributed by atoms with Gasteiger partial charge in [-0.2, -0.15) is 0 Å². The van der Waals surface area contributed by atoms with Gasteiger partial charge >= 0.3 is 0 Å². The van der Waals surface area contributed by atoms with Gasteiger partial charge in [0, 0.05) is 32.9 Å². The van der Waals surface area contributed by atoms with Gasteiger partial charge in [-0.25, -0.2) is 0 Å². The van der Waals surface area contributed by atoms with Gasteiger partial charge in [0.05, 0.1) is 17.4 Å². The number of para-hydroxylation sites is 1. The number of amides is 2. The number of hydrogen-bond acceptors (Lipinski definition) is 3. The second-order valence-electron chi connectivity index (χ2n) is 7.82. The van der Waals surface area contributed by atoms with E-state index < -0.39 is 5.41 Å². The quantitative estimate of drug-likeness (QED) is 0.847. The third kappa shape index (κ3) is 2.25. The van der Waals surface area contributed by atoms with E-state index in [0.717, 1.165) is 30.5 Å². The Bertz CT molecular complexity index is 703. The minimum absolute atomic E-state index is 0.177. The van der Waals surface area contributed by atoms with Crippen molar-refractivity contribution in [1.82, 2.24) is 4.90 Å². The van der Waals surface area contributed by atoms with Crippen LogP contribution in [0, 0.1) is 5.41 Å². The number of carbonyl (C=O) groups is 2. The lowest BCUT2D eigenvalue weighted by atomic mass is 9.67. The number of methoxy groups -OCH3 is 1. The molecular formula is C20H26N2O3. The topological polar surface area (TPSA) is 49.9 Å². The molecular weight excluding hydrogens is 316 g/mol. The van der Waals surface area contributed by atoms with Gasteiger partial charge in [-0.05, 0) is 37.3 Å². The van der Waals surface area contributed by atoms with Crippen molar-refractivity contribution in [3.05, 3.63) is 29.8 Å². The molecule has 1 aromatic carbocycles. The predicted octanol–water partition coefficient (Wildman–Crippen LogP) is 2.34. The highest BCUT2D eigenvalue weighted by Crippen LogP contribution is 2.49. The highest BCUT2D eigenvalue weighted by Gasteiger charge is 2.53. The predicted molar refractivity (Wildman–Crippen MR) is 95.5 cm³/mol. The number of benzene rings is 1.